The van der Waals surface area contributed by atoms with Gasteiger partial charge in [-0.25, -0.2) is 0 Å². The second kappa shape index (κ2) is 11.7. The predicted molar refractivity (Wildman–Crippen MR) is 134 cm³/mol. The highest BCUT2D eigenvalue weighted by atomic mass is 16.5. The molecule has 1 aromatic heterocycles. The number of esters is 1. The maximum absolute atomic E-state index is 13.5. The fraction of sp³-hybridized carbons (Fsp3) is 0.393. The number of fused-ring (bicyclic) bond motifs is 1. The molecule has 7 nitrogen and oxygen atoms in total. The van der Waals surface area contributed by atoms with Gasteiger partial charge in [-0.1, -0.05) is 48.5 Å². The number of para-hydroxylation sites is 1. The minimum absolute atomic E-state index is 0.0348. The Labute approximate surface area is 206 Å². The number of aromatic nitrogens is 1. The Morgan fingerprint density at radius 3 is 2.46 bits per heavy atom. The third-order valence-electron chi connectivity index (χ3n) is 6.36. The summed E-state index contributed by atoms with van der Waals surface area (Å²) in [5, 5.41) is 1.16. The Morgan fingerprint density at radius 2 is 1.71 bits per heavy atom. The number of ether oxygens (including phenoxy) is 1. The van der Waals surface area contributed by atoms with Crippen LogP contribution in [0.4, 0.5) is 0 Å². The molecule has 3 aromatic rings. The van der Waals surface area contributed by atoms with E-state index in [4.69, 9.17) is 4.74 Å². The van der Waals surface area contributed by atoms with Gasteiger partial charge in [0.2, 0.25) is 11.8 Å². The summed E-state index contributed by atoms with van der Waals surface area (Å²) in [7, 11) is 0. The first kappa shape index (κ1) is 24.5. The smallest absolute Gasteiger partial charge is 0.306 e. The number of H-pyrrole nitrogens is 1. The van der Waals surface area contributed by atoms with E-state index in [1.54, 1.807) is 11.8 Å². The molecule has 0 aliphatic heterocycles. The first-order valence-electron chi connectivity index (χ1n) is 12.4. The molecule has 7 heteroatoms. The largest absolute Gasteiger partial charge is 0.466 e. The number of nitrogens with one attached hydrogen (secondary N) is 1. The summed E-state index contributed by atoms with van der Waals surface area (Å²) < 4.78 is 4.94. The lowest BCUT2D eigenvalue weighted by atomic mass is 10.1. The summed E-state index contributed by atoms with van der Waals surface area (Å²) >= 11 is 0. The highest BCUT2D eigenvalue weighted by molar-refractivity contribution is 5.87. The van der Waals surface area contributed by atoms with E-state index >= 15 is 0 Å². The molecular weight excluding hydrogens is 442 g/mol. The van der Waals surface area contributed by atoms with Crippen LogP contribution in [0.3, 0.4) is 0 Å². The molecule has 0 radical (unpaired) electrons. The summed E-state index contributed by atoms with van der Waals surface area (Å²) in [5.41, 5.74) is 3.29. The van der Waals surface area contributed by atoms with Gasteiger partial charge in [-0.15, -0.1) is 0 Å². The number of benzene rings is 2. The third-order valence-corrected chi connectivity index (χ3v) is 6.36. The molecule has 2 aromatic carbocycles. The summed E-state index contributed by atoms with van der Waals surface area (Å²) in [6, 6.07) is 18.1. The van der Waals surface area contributed by atoms with Crippen LogP contribution in [0.15, 0.2) is 60.8 Å². The molecule has 1 fully saturated rings. The van der Waals surface area contributed by atoms with E-state index in [2.05, 4.69) is 11.1 Å². The van der Waals surface area contributed by atoms with Gasteiger partial charge >= 0.3 is 5.97 Å². The molecule has 1 aliphatic rings. The van der Waals surface area contributed by atoms with E-state index in [0.717, 1.165) is 34.9 Å². The van der Waals surface area contributed by atoms with Crippen molar-refractivity contribution in [3.63, 3.8) is 0 Å². The first-order chi connectivity index (χ1) is 17.0. The SMILES string of the molecule is CCOC(=O)CCC(=O)N(CC(=O)N(CCc1c[nH]c2ccccc12)Cc1ccccc1)C1CC1. The van der Waals surface area contributed by atoms with Crippen molar-refractivity contribution >= 4 is 28.7 Å². The van der Waals surface area contributed by atoms with Crippen molar-refractivity contribution < 1.29 is 19.1 Å². The molecule has 0 atom stereocenters. The molecule has 35 heavy (non-hydrogen) atoms. The number of aromatic amines is 1. The van der Waals surface area contributed by atoms with Crippen molar-refractivity contribution in [2.45, 2.75) is 51.6 Å². The maximum Gasteiger partial charge on any atom is 0.306 e. The van der Waals surface area contributed by atoms with E-state index in [-0.39, 0.29) is 43.2 Å². The molecule has 4 rings (SSSR count). The monoisotopic (exact) mass is 475 g/mol. The minimum atomic E-state index is -0.382. The number of carbonyl (C=O) groups excluding carboxylic acids is 3. The fourth-order valence-electron chi connectivity index (χ4n) is 4.33. The lowest BCUT2D eigenvalue weighted by molar-refractivity contribution is -0.146. The summed E-state index contributed by atoms with van der Waals surface area (Å²) in [6.07, 6.45) is 4.61. The lowest BCUT2D eigenvalue weighted by Crippen LogP contribution is -2.44. The number of nitrogens with zero attached hydrogens (tertiary/aromatic N) is 2. The van der Waals surface area contributed by atoms with Gasteiger partial charge in [-0.05, 0) is 43.4 Å². The first-order valence-corrected chi connectivity index (χ1v) is 12.4. The topological polar surface area (TPSA) is 82.7 Å². The van der Waals surface area contributed by atoms with Crippen molar-refractivity contribution in [1.29, 1.82) is 0 Å². The van der Waals surface area contributed by atoms with Crippen molar-refractivity contribution in [3.8, 4) is 0 Å². The zero-order valence-electron chi connectivity index (χ0n) is 20.2. The van der Waals surface area contributed by atoms with Crippen LogP contribution in [-0.4, -0.2) is 58.3 Å². The number of rotatable bonds is 12. The number of carbonyl (C=O) groups is 3. The van der Waals surface area contributed by atoms with Crippen LogP contribution in [0.5, 0.6) is 0 Å². The van der Waals surface area contributed by atoms with Gasteiger partial charge in [0.1, 0.15) is 6.54 Å². The number of hydrogen-bond donors (Lipinski definition) is 1. The Morgan fingerprint density at radius 1 is 0.971 bits per heavy atom. The van der Waals surface area contributed by atoms with Gasteiger partial charge in [0, 0.05) is 42.7 Å². The quantitative estimate of drug-likeness (QED) is 0.400. The molecule has 0 unspecified atom stereocenters. The zero-order chi connectivity index (χ0) is 24.6. The molecule has 1 heterocycles. The summed E-state index contributed by atoms with van der Waals surface area (Å²) in [4.78, 5) is 44.9. The van der Waals surface area contributed by atoms with Crippen LogP contribution in [-0.2, 0) is 32.1 Å². The normalized spacial score (nSPS) is 12.9. The van der Waals surface area contributed by atoms with Crippen molar-refractivity contribution in [2.75, 3.05) is 19.7 Å². The lowest BCUT2D eigenvalue weighted by Gasteiger charge is -2.28. The van der Waals surface area contributed by atoms with Gasteiger partial charge in [0.15, 0.2) is 0 Å². The number of amides is 2. The van der Waals surface area contributed by atoms with Gasteiger partial charge in [0.05, 0.1) is 13.0 Å². The van der Waals surface area contributed by atoms with E-state index < -0.39 is 0 Å². The Kier molecular flexibility index (Phi) is 8.19. The van der Waals surface area contributed by atoms with Crippen molar-refractivity contribution in [3.05, 3.63) is 71.9 Å². The van der Waals surface area contributed by atoms with Gasteiger partial charge in [-0.2, -0.15) is 0 Å². The Hall–Kier alpha value is -3.61. The number of hydrogen-bond acceptors (Lipinski definition) is 4. The Bertz CT molecular complexity index is 1150. The predicted octanol–water partition coefficient (Wildman–Crippen LogP) is 4.07. The fourth-order valence-corrected chi connectivity index (χ4v) is 4.33. The van der Waals surface area contributed by atoms with Crippen LogP contribution in [0.25, 0.3) is 10.9 Å². The van der Waals surface area contributed by atoms with Crippen LogP contribution in [0.2, 0.25) is 0 Å². The minimum Gasteiger partial charge on any atom is -0.466 e. The Balaban J connectivity index is 1.44. The van der Waals surface area contributed by atoms with E-state index in [1.165, 1.54) is 0 Å². The van der Waals surface area contributed by atoms with Crippen molar-refractivity contribution in [2.24, 2.45) is 0 Å². The summed E-state index contributed by atoms with van der Waals surface area (Å²) in [6.45, 7) is 3.10. The van der Waals surface area contributed by atoms with Crippen LogP contribution >= 0.6 is 0 Å². The standard InChI is InChI=1S/C28H33N3O4/c1-2-35-28(34)15-14-26(32)31(23-12-13-23)20-27(33)30(19-21-8-4-3-5-9-21)17-16-22-18-29-25-11-7-6-10-24(22)25/h3-11,18,23,29H,2,12-17,19-20H2,1H3. The van der Waals surface area contributed by atoms with E-state index in [0.29, 0.717) is 26.1 Å². The van der Waals surface area contributed by atoms with Gasteiger partial charge in [-0.3, -0.25) is 14.4 Å². The molecule has 0 spiro atoms. The third kappa shape index (κ3) is 6.72. The van der Waals surface area contributed by atoms with Crippen molar-refractivity contribution in [1.82, 2.24) is 14.8 Å². The molecule has 1 N–H and O–H groups in total. The molecule has 0 saturated heterocycles. The molecule has 1 saturated carbocycles. The zero-order valence-corrected chi connectivity index (χ0v) is 20.2. The highest BCUT2D eigenvalue weighted by Gasteiger charge is 2.34. The van der Waals surface area contributed by atoms with Crippen LogP contribution in [0, 0.1) is 0 Å². The van der Waals surface area contributed by atoms with Crippen LogP contribution in [0.1, 0.15) is 43.7 Å². The second-order valence-corrected chi connectivity index (χ2v) is 8.97. The van der Waals surface area contributed by atoms with Gasteiger partial charge < -0.3 is 19.5 Å². The van der Waals surface area contributed by atoms with E-state index in [9.17, 15) is 14.4 Å². The van der Waals surface area contributed by atoms with E-state index in [1.807, 2.05) is 59.6 Å². The second-order valence-electron chi connectivity index (χ2n) is 8.97. The molecule has 2 amide bonds. The average Bonchev–Trinajstić information content (AvgIpc) is 3.63. The summed E-state index contributed by atoms with van der Waals surface area (Å²) in [5.74, 6) is -0.623. The molecule has 0 bridgehead atoms. The molecule has 1 aliphatic carbocycles. The average molecular weight is 476 g/mol. The maximum atomic E-state index is 13.5. The van der Waals surface area contributed by atoms with Gasteiger partial charge in [0.25, 0.3) is 0 Å². The molecule has 184 valence electrons. The molecular formula is C28H33N3O4. The van der Waals surface area contributed by atoms with Crippen LogP contribution < -0.4 is 0 Å². The highest BCUT2D eigenvalue weighted by Crippen LogP contribution is 2.28.